The molecule has 0 fully saturated rings. The predicted molar refractivity (Wildman–Crippen MR) is 202 cm³/mol. The molecule has 0 aliphatic carbocycles. The van der Waals surface area contributed by atoms with Crippen LogP contribution < -0.4 is 14.2 Å². The minimum absolute atomic E-state index is 0.558. The highest BCUT2D eigenvalue weighted by Crippen LogP contribution is 2.76. The van der Waals surface area contributed by atoms with E-state index in [1.165, 1.54) is 80.5 Å². The topological polar surface area (TPSA) is 122 Å². The van der Waals surface area contributed by atoms with Gasteiger partial charge in [-0.25, -0.2) is 3.63 Å². The Bertz CT molecular complexity index is 1990. The number of carbonyl (C=O) groups is 3. The summed E-state index contributed by atoms with van der Waals surface area (Å²) in [6, 6.07) is 13.3. The van der Waals surface area contributed by atoms with E-state index in [1.807, 2.05) is 0 Å². The molecule has 0 unspecified atom stereocenters. The average Bonchev–Trinajstić information content (AvgIpc) is 3.12. The summed E-state index contributed by atoms with van der Waals surface area (Å²) in [6.45, 7) is 11.2. The molecule has 3 aromatic rings. The summed E-state index contributed by atoms with van der Waals surface area (Å²) in [5.74, 6) is -18.8. The molecule has 0 aromatic heterocycles. The molecular formula is C40H45F9O9S2. The summed E-state index contributed by atoms with van der Waals surface area (Å²) in [6.07, 6.45) is -7.40. The van der Waals surface area contributed by atoms with Crippen molar-refractivity contribution < 1.29 is 80.2 Å². The second-order valence-corrected chi connectivity index (χ2v) is 20.9. The van der Waals surface area contributed by atoms with Crippen molar-refractivity contribution in [1.29, 1.82) is 0 Å². The van der Waals surface area contributed by atoms with Gasteiger partial charge in [0.25, 0.3) is 0 Å². The van der Waals surface area contributed by atoms with Crippen molar-refractivity contribution in [2.75, 3.05) is 19.8 Å². The summed E-state index contributed by atoms with van der Waals surface area (Å²) >= 11 is 0. The number of para-hydroxylation sites is 3. The number of ketones is 3. The van der Waals surface area contributed by atoms with Gasteiger partial charge in [0, 0.05) is 16.2 Å². The summed E-state index contributed by atoms with van der Waals surface area (Å²) in [5, 5.41) is -7.37. The fraction of sp³-hybridized carbons (Fsp3) is 0.475. The standard InChI is InChI=1S/C40H45F9O9S2/c1-34(2,3)31(50)22-55-25-16-10-13-19-28(25)59(29-20-14-11-17-26(29)56-23-32(51)35(4,5)6,30-21-15-12-18-27(30)57-24-33(52)36(7,8)9)58-60(53,54)40(48,49)38(43,44)37(41,42)39(45,46)47/h10-21H,22-24H2,1-9H3. The monoisotopic (exact) mass is 904 g/mol. The van der Waals surface area contributed by atoms with Gasteiger partial charge in [0.15, 0.2) is 17.3 Å². The van der Waals surface area contributed by atoms with Crippen LogP contribution in [-0.4, -0.2) is 68.9 Å². The van der Waals surface area contributed by atoms with Crippen molar-refractivity contribution in [1.82, 2.24) is 0 Å². The molecule has 334 valence electrons. The molecular weight excluding hydrogens is 860 g/mol. The Morgan fingerprint density at radius 1 is 0.467 bits per heavy atom. The summed E-state index contributed by atoms with van der Waals surface area (Å²) < 4.78 is 181. The van der Waals surface area contributed by atoms with E-state index < -0.39 is 129 Å². The summed E-state index contributed by atoms with van der Waals surface area (Å²) in [5.41, 5.74) is -3.22. The van der Waals surface area contributed by atoms with Gasteiger partial charge < -0.3 is 14.2 Å². The molecule has 0 amide bonds. The van der Waals surface area contributed by atoms with Gasteiger partial charge >= 0.3 is 33.4 Å². The lowest BCUT2D eigenvalue weighted by Gasteiger charge is -2.42. The van der Waals surface area contributed by atoms with Crippen LogP contribution in [0.3, 0.4) is 0 Å². The maximum absolute atomic E-state index is 15.9. The van der Waals surface area contributed by atoms with Crippen molar-refractivity contribution in [3.63, 3.8) is 0 Å². The predicted octanol–water partition coefficient (Wildman–Crippen LogP) is 10.6. The SMILES string of the molecule is CC(C)(C)C(=O)COc1ccccc1S(OS(=O)(=O)C(F)(F)C(F)(F)C(F)(F)C(F)(F)F)(c1ccccc1OCC(=O)C(C)(C)C)c1ccccc1OCC(=O)C(C)(C)C. The maximum Gasteiger partial charge on any atom is 0.460 e. The number of alkyl halides is 9. The summed E-state index contributed by atoms with van der Waals surface area (Å²) in [7, 11) is -12.8. The van der Waals surface area contributed by atoms with Crippen LogP contribution in [0.2, 0.25) is 0 Å². The van der Waals surface area contributed by atoms with Crippen LogP contribution in [0.5, 0.6) is 17.2 Å². The van der Waals surface area contributed by atoms with E-state index in [1.54, 1.807) is 0 Å². The third-order valence-corrected chi connectivity index (χ3v) is 14.0. The Morgan fingerprint density at radius 3 is 0.983 bits per heavy atom. The number of hydrogen-bond acceptors (Lipinski definition) is 9. The lowest BCUT2D eigenvalue weighted by Crippen LogP contribution is -2.63. The van der Waals surface area contributed by atoms with Gasteiger partial charge in [-0.2, -0.15) is 47.9 Å². The van der Waals surface area contributed by atoms with Crippen molar-refractivity contribution in [2.24, 2.45) is 16.2 Å². The van der Waals surface area contributed by atoms with Gasteiger partial charge in [0.2, 0.25) is 0 Å². The molecule has 0 saturated carbocycles. The molecule has 20 heteroatoms. The number of benzene rings is 3. The number of hydrogen-bond donors (Lipinski definition) is 0. The first kappa shape index (κ1) is 50.1. The van der Waals surface area contributed by atoms with E-state index in [2.05, 4.69) is 0 Å². The van der Waals surface area contributed by atoms with Crippen LogP contribution >= 0.6 is 10.3 Å². The smallest absolute Gasteiger partial charge is 0.460 e. The molecule has 0 atom stereocenters. The van der Waals surface area contributed by atoms with Gasteiger partial charge in [-0.05, 0) is 46.7 Å². The van der Waals surface area contributed by atoms with Gasteiger partial charge in [-0.3, -0.25) is 14.4 Å². The zero-order valence-corrected chi connectivity index (χ0v) is 35.6. The fourth-order valence-corrected chi connectivity index (χ4v) is 10.2. The highest BCUT2D eigenvalue weighted by molar-refractivity contribution is 8.33. The highest BCUT2D eigenvalue weighted by Gasteiger charge is 2.86. The van der Waals surface area contributed by atoms with Crippen LogP contribution in [0.25, 0.3) is 0 Å². The second-order valence-electron chi connectivity index (χ2n) is 16.5. The van der Waals surface area contributed by atoms with Crippen molar-refractivity contribution >= 4 is 37.8 Å². The van der Waals surface area contributed by atoms with E-state index in [-0.39, 0.29) is 0 Å². The Kier molecular flexibility index (Phi) is 14.4. The second kappa shape index (κ2) is 17.2. The zero-order valence-electron chi connectivity index (χ0n) is 33.9. The molecule has 0 radical (unpaired) electrons. The minimum atomic E-state index is -7.77. The quantitative estimate of drug-likeness (QED) is 0.122. The summed E-state index contributed by atoms with van der Waals surface area (Å²) in [4.78, 5) is 37.1. The molecule has 3 rings (SSSR count). The first-order chi connectivity index (χ1) is 27.1. The van der Waals surface area contributed by atoms with Gasteiger partial charge in [-0.1, -0.05) is 98.7 Å². The molecule has 0 spiro atoms. The van der Waals surface area contributed by atoms with Crippen molar-refractivity contribution in [3.05, 3.63) is 72.8 Å². The molecule has 60 heavy (non-hydrogen) atoms. The fourth-order valence-electron chi connectivity index (χ4n) is 4.66. The maximum atomic E-state index is 15.9. The largest absolute Gasteiger partial charge is 0.485 e. The lowest BCUT2D eigenvalue weighted by atomic mass is 9.91. The van der Waals surface area contributed by atoms with Gasteiger partial charge in [0.05, 0.1) is 14.7 Å². The lowest BCUT2D eigenvalue weighted by molar-refractivity contribution is -0.382. The zero-order chi connectivity index (χ0) is 46.1. The van der Waals surface area contributed by atoms with E-state index >= 15 is 17.6 Å². The molecule has 9 nitrogen and oxygen atoms in total. The van der Waals surface area contributed by atoms with E-state index in [4.69, 9.17) is 17.8 Å². The van der Waals surface area contributed by atoms with Crippen LogP contribution in [-0.2, 0) is 28.1 Å². The number of rotatable bonds is 17. The van der Waals surface area contributed by atoms with Gasteiger partial charge in [-0.15, -0.1) is 0 Å². The molecule has 0 saturated heterocycles. The van der Waals surface area contributed by atoms with Crippen LogP contribution in [0.15, 0.2) is 87.5 Å². The third kappa shape index (κ3) is 10.1. The molecule has 0 bridgehead atoms. The van der Waals surface area contributed by atoms with Crippen molar-refractivity contribution in [2.45, 2.75) is 100 Å². The number of carbonyl (C=O) groups excluding carboxylic acids is 3. The first-order valence-electron chi connectivity index (χ1n) is 17.8. The highest BCUT2D eigenvalue weighted by atomic mass is 32.3. The molecule has 0 N–H and O–H groups in total. The number of halogens is 9. The van der Waals surface area contributed by atoms with E-state index in [0.717, 1.165) is 54.6 Å². The van der Waals surface area contributed by atoms with E-state index in [0.29, 0.717) is 0 Å². The molecule has 3 aromatic carbocycles. The minimum Gasteiger partial charge on any atom is -0.485 e. The Hall–Kier alpha value is -4.30. The van der Waals surface area contributed by atoms with Gasteiger partial charge in [0.1, 0.15) is 37.1 Å². The van der Waals surface area contributed by atoms with Crippen LogP contribution in [0, 0.1) is 16.2 Å². The van der Waals surface area contributed by atoms with Crippen molar-refractivity contribution in [3.8, 4) is 17.2 Å². The third-order valence-electron chi connectivity index (χ3n) is 8.68. The molecule has 0 heterocycles. The van der Waals surface area contributed by atoms with E-state index in [9.17, 15) is 44.8 Å². The Morgan fingerprint density at radius 2 is 0.733 bits per heavy atom. The normalized spacial score (nSPS) is 14.0. The Labute approximate surface area is 343 Å². The average molecular weight is 905 g/mol. The van der Waals surface area contributed by atoms with Crippen LogP contribution in [0.4, 0.5) is 39.5 Å². The van der Waals surface area contributed by atoms with Crippen LogP contribution in [0.1, 0.15) is 62.3 Å². The Balaban J connectivity index is 2.65. The number of ether oxygens (including phenoxy) is 3. The first-order valence-corrected chi connectivity index (χ1v) is 20.8. The molecule has 0 aliphatic rings. The molecule has 0 aliphatic heterocycles. The number of Topliss-reactive ketones (excluding diaryl/α,β-unsaturated/α-hetero) is 3.